The van der Waals surface area contributed by atoms with E-state index >= 15 is 0 Å². The number of carbonyl (C=O) groups excluding carboxylic acids is 1. The van der Waals surface area contributed by atoms with Gasteiger partial charge in [-0.3, -0.25) is 4.79 Å². The molecule has 0 fully saturated rings. The third-order valence-corrected chi connectivity index (χ3v) is 4.98. The summed E-state index contributed by atoms with van der Waals surface area (Å²) < 4.78 is 0. The van der Waals surface area contributed by atoms with E-state index in [1.807, 2.05) is 0 Å². The first-order chi connectivity index (χ1) is 14.8. The molecule has 0 unspecified atom stereocenters. The van der Waals surface area contributed by atoms with Gasteiger partial charge in [-0.15, -0.1) is 0 Å². The van der Waals surface area contributed by atoms with Crippen LogP contribution in [0.15, 0.2) is 72.9 Å². The molecule has 0 aromatic carbocycles. The zero-order valence-corrected chi connectivity index (χ0v) is 19.6. The second kappa shape index (κ2) is 25.3. The average Bonchev–Trinajstić information content (AvgIpc) is 2.75. The number of hydrogen-bond donors (Lipinski definition) is 2. The summed E-state index contributed by atoms with van der Waals surface area (Å²) in [5.74, 6) is 2.01. The number of amides is 1. The van der Waals surface area contributed by atoms with Crippen molar-refractivity contribution in [3.8, 4) is 0 Å². The second-order valence-electron chi connectivity index (χ2n) is 6.70. The first-order valence-electron chi connectivity index (χ1n) is 11.3. The molecule has 3 N–H and O–H groups in total. The Morgan fingerprint density at radius 3 is 1.67 bits per heavy atom. The van der Waals surface area contributed by atoms with Gasteiger partial charge in [0.05, 0.1) is 0 Å². The standard InChI is InChI=1S/C26H42N2OS/c1-2-3-4-5-6-7-8-9-10-11-12-13-14-15-16-17-18-19-20-21-26(29)28-23-25-30-24-22-27/h3-4,6-7,9-10,12-13,15-16,18-19H,2,5,8,11,14,17,20-25,27H2,1H3,(H,28,29). The summed E-state index contributed by atoms with van der Waals surface area (Å²) in [4.78, 5) is 11.6. The van der Waals surface area contributed by atoms with Crippen molar-refractivity contribution >= 4 is 17.7 Å². The van der Waals surface area contributed by atoms with Crippen molar-refractivity contribution in [1.29, 1.82) is 0 Å². The molecule has 0 aromatic rings. The van der Waals surface area contributed by atoms with E-state index in [1.165, 1.54) is 0 Å². The lowest BCUT2D eigenvalue weighted by atomic mass is 10.2. The maximum absolute atomic E-state index is 11.6. The Morgan fingerprint density at radius 1 is 0.733 bits per heavy atom. The summed E-state index contributed by atoms with van der Waals surface area (Å²) in [5.41, 5.74) is 5.42. The smallest absolute Gasteiger partial charge is 0.220 e. The van der Waals surface area contributed by atoms with Gasteiger partial charge in [-0.1, -0.05) is 79.8 Å². The predicted molar refractivity (Wildman–Crippen MR) is 137 cm³/mol. The van der Waals surface area contributed by atoms with E-state index < -0.39 is 0 Å². The fraction of sp³-hybridized carbons (Fsp3) is 0.500. The normalized spacial score (nSPS) is 12.7. The summed E-state index contributed by atoms with van der Waals surface area (Å²) in [5, 5.41) is 2.93. The fourth-order valence-electron chi connectivity index (χ4n) is 2.39. The minimum atomic E-state index is 0.128. The van der Waals surface area contributed by atoms with Gasteiger partial charge in [-0.25, -0.2) is 0 Å². The third-order valence-electron chi connectivity index (χ3n) is 3.97. The minimum Gasteiger partial charge on any atom is -0.355 e. The van der Waals surface area contributed by atoms with E-state index in [1.54, 1.807) is 11.8 Å². The van der Waals surface area contributed by atoms with Crippen molar-refractivity contribution in [2.45, 2.75) is 58.3 Å². The molecule has 0 saturated heterocycles. The SMILES string of the molecule is CCC=CCC=CCC=CCC=CCC=CCC=CCCC(=O)NCCSCCN. The van der Waals surface area contributed by atoms with Gasteiger partial charge in [-0.05, 0) is 44.9 Å². The summed E-state index contributed by atoms with van der Waals surface area (Å²) in [6.45, 7) is 3.58. The Balaban J connectivity index is 3.53. The minimum absolute atomic E-state index is 0.128. The Bertz CT molecular complexity index is 559. The lowest BCUT2D eigenvalue weighted by Crippen LogP contribution is -2.25. The summed E-state index contributed by atoms with van der Waals surface area (Å²) in [6, 6.07) is 0. The maximum atomic E-state index is 11.6. The van der Waals surface area contributed by atoms with Gasteiger partial charge in [0, 0.05) is 31.0 Å². The first-order valence-corrected chi connectivity index (χ1v) is 12.4. The predicted octanol–water partition coefficient (Wildman–Crippen LogP) is 6.27. The molecule has 168 valence electrons. The van der Waals surface area contributed by atoms with Crippen LogP contribution in [0.25, 0.3) is 0 Å². The molecule has 0 bridgehead atoms. The van der Waals surface area contributed by atoms with Gasteiger partial charge in [0.15, 0.2) is 0 Å². The highest BCUT2D eigenvalue weighted by Crippen LogP contribution is 1.98. The number of hydrogen-bond acceptors (Lipinski definition) is 3. The topological polar surface area (TPSA) is 55.1 Å². The van der Waals surface area contributed by atoms with Gasteiger partial charge >= 0.3 is 0 Å². The van der Waals surface area contributed by atoms with Crippen LogP contribution in [0.5, 0.6) is 0 Å². The number of allylic oxidation sites excluding steroid dienone is 12. The number of carbonyl (C=O) groups is 1. The fourth-order valence-corrected chi connectivity index (χ4v) is 3.01. The molecule has 30 heavy (non-hydrogen) atoms. The summed E-state index contributed by atoms with van der Waals surface area (Å²) in [7, 11) is 0. The van der Waals surface area contributed by atoms with Crippen molar-refractivity contribution in [3.63, 3.8) is 0 Å². The van der Waals surface area contributed by atoms with Crippen LogP contribution >= 0.6 is 11.8 Å². The third kappa shape index (κ3) is 24.3. The average molecular weight is 431 g/mol. The van der Waals surface area contributed by atoms with Gasteiger partial charge in [0.2, 0.25) is 5.91 Å². The molecule has 0 heterocycles. The Kier molecular flexibility index (Phi) is 23.8. The van der Waals surface area contributed by atoms with Crippen molar-refractivity contribution < 1.29 is 4.79 Å². The van der Waals surface area contributed by atoms with Gasteiger partial charge in [0.1, 0.15) is 0 Å². The molecule has 0 aliphatic heterocycles. The quantitative estimate of drug-likeness (QED) is 0.187. The van der Waals surface area contributed by atoms with E-state index in [-0.39, 0.29) is 5.91 Å². The van der Waals surface area contributed by atoms with Gasteiger partial charge < -0.3 is 11.1 Å². The highest BCUT2D eigenvalue weighted by Gasteiger charge is 1.97. The highest BCUT2D eigenvalue weighted by atomic mass is 32.2. The van der Waals surface area contributed by atoms with Crippen molar-refractivity contribution in [1.82, 2.24) is 5.32 Å². The van der Waals surface area contributed by atoms with Gasteiger partial charge in [0.25, 0.3) is 0 Å². The van der Waals surface area contributed by atoms with E-state index in [0.29, 0.717) is 13.0 Å². The summed E-state index contributed by atoms with van der Waals surface area (Å²) in [6.07, 6.45) is 33.6. The zero-order chi connectivity index (χ0) is 22.0. The Morgan fingerprint density at radius 2 is 1.20 bits per heavy atom. The molecule has 1 amide bonds. The van der Waals surface area contributed by atoms with E-state index in [2.05, 4.69) is 85.2 Å². The van der Waals surface area contributed by atoms with E-state index in [9.17, 15) is 4.79 Å². The molecule has 0 aliphatic carbocycles. The van der Waals surface area contributed by atoms with Crippen LogP contribution in [0, 0.1) is 0 Å². The van der Waals surface area contributed by atoms with Crippen LogP contribution in [-0.4, -0.2) is 30.5 Å². The van der Waals surface area contributed by atoms with Crippen LogP contribution in [-0.2, 0) is 4.79 Å². The van der Waals surface area contributed by atoms with Crippen molar-refractivity contribution in [3.05, 3.63) is 72.9 Å². The lowest BCUT2D eigenvalue weighted by Gasteiger charge is -2.03. The second-order valence-corrected chi connectivity index (χ2v) is 7.93. The molecule has 3 nitrogen and oxygen atoms in total. The molecule has 0 aliphatic rings. The Hall–Kier alpha value is -1.78. The zero-order valence-electron chi connectivity index (χ0n) is 18.8. The van der Waals surface area contributed by atoms with Crippen molar-refractivity contribution in [2.75, 3.05) is 24.6 Å². The van der Waals surface area contributed by atoms with Crippen LogP contribution in [0.1, 0.15) is 58.3 Å². The first kappa shape index (κ1) is 28.2. The number of thioether (sulfide) groups is 1. The van der Waals surface area contributed by atoms with E-state index in [4.69, 9.17) is 5.73 Å². The van der Waals surface area contributed by atoms with Crippen LogP contribution in [0.2, 0.25) is 0 Å². The molecule has 0 rings (SSSR count). The highest BCUT2D eigenvalue weighted by molar-refractivity contribution is 7.99. The maximum Gasteiger partial charge on any atom is 0.220 e. The van der Waals surface area contributed by atoms with Gasteiger partial charge in [-0.2, -0.15) is 11.8 Å². The Labute approximate surface area is 189 Å². The largest absolute Gasteiger partial charge is 0.355 e. The molecule has 0 saturated carbocycles. The number of nitrogens with one attached hydrogen (secondary N) is 1. The molecular formula is C26H42N2OS. The molecular weight excluding hydrogens is 388 g/mol. The lowest BCUT2D eigenvalue weighted by molar-refractivity contribution is -0.120. The van der Waals surface area contributed by atoms with Crippen LogP contribution in [0.3, 0.4) is 0 Å². The molecule has 0 atom stereocenters. The van der Waals surface area contributed by atoms with E-state index in [0.717, 1.165) is 63.0 Å². The molecule has 4 heteroatoms. The molecule has 0 radical (unpaired) electrons. The monoisotopic (exact) mass is 430 g/mol. The van der Waals surface area contributed by atoms with Crippen LogP contribution < -0.4 is 11.1 Å². The molecule has 0 spiro atoms. The number of nitrogens with two attached hydrogens (primary N) is 1. The molecule has 0 aromatic heterocycles. The van der Waals surface area contributed by atoms with Crippen molar-refractivity contribution in [2.24, 2.45) is 5.73 Å². The number of rotatable bonds is 19. The van der Waals surface area contributed by atoms with Crippen LogP contribution in [0.4, 0.5) is 0 Å². The summed E-state index contributed by atoms with van der Waals surface area (Å²) >= 11 is 1.77.